The van der Waals surface area contributed by atoms with Crippen LogP contribution in [-0.2, 0) is 6.54 Å². The summed E-state index contributed by atoms with van der Waals surface area (Å²) in [4.78, 5) is 4.03. The van der Waals surface area contributed by atoms with Gasteiger partial charge < -0.3 is 10.5 Å². The summed E-state index contributed by atoms with van der Waals surface area (Å²) in [6, 6.07) is 5.02. The van der Waals surface area contributed by atoms with Gasteiger partial charge in [0, 0.05) is 28.8 Å². The first kappa shape index (κ1) is 12.9. The van der Waals surface area contributed by atoms with Gasteiger partial charge in [-0.3, -0.25) is 0 Å². The lowest BCUT2D eigenvalue weighted by molar-refractivity contribution is 0.442. The summed E-state index contributed by atoms with van der Waals surface area (Å²) in [5.41, 5.74) is 6.21. The van der Waals surface area contributed by atoms with Crippen LogP contribution in [0.2, 0.25) is 0 Å². The van der Waals surface area contributed by atoms with Gasteiger partial charge >= 0.3 is 0 Å². The molecule has 0 spiro atoms. The van der Waals surface area contributed by atoms with Crippen molar-refractivity contribution in [1.82, 2.24) is 4.98 Å². The number of hydrogen-bond acceptors (Lipinski definition) is 3. The molecule has 1 aromatic carbocycles. The SMILES string of the molecule is NCc1cc(Br)cnc1Oc1ccc(F)c(F)c1. The molecule has 1 aromatic heterocycles. The topological polar surface area (TPSA) is 48.1 Å². The van der Waals surface area contributed by atoms with Crippen LogP contribution in [0.1, 0.15) is 5.56 Å². The Bertz CT molecular complexity index is 578. The maximum Gasteiger partial charge on any atom is 0.223 e. The van der Waals surface area contributed by atoms with Gasteiger partial charge in [0.1, 0.15) is 5.75 Å². The first-order valence-electron chi connectivity index (χ1n) is 5.07. The number of benzene rings is 1. The van der Waals surface area contributed by atoms with E-state index in [9.17, 15) is 8.78 Å². The molecule has 0 amide bonds. The van der Waals surface area contributed by atoms with E-state index in [4.69, 9.17) is 10.5 Å². The van der Waals surface area contributed by atoms with Gasteiger partial charge in [0.05, 0.1) is 0 Å². The molecule has 0 unspecified atom stereocenters. The molecule has 0 aliphatic rings. The maximum absolute atomic E-state index is 13.0. The lowest BCUT2D eigenvalue weighted by Gasteiger charge is -2.09. The molecule has 2 aromatic rings. The molecule has 94 valence electrons. The molecule has 18 heavy (non-hydrogen) atoms. The summed E-state index contributed by atoms with van der Waals surface area (Å²) < 4.78 is 31.9. The first-order valence-corrected chi connectivity index (χ1v) is 5.87. The third-order valence-corrected chi connectivity index (χ3v) is 2.65. The Hall–Kier alpha value is -1.53. The summed E-state index contributed by atoms with van der Waals surface area (Å²) in [6.07, 6.45) is 1.54. The highest BCUT2D eigenvalue weighted by molar-refractivity contribution is 9.10. The Labute approximate surface area is 111 Å². The standard InChI is InChI=1S/C12H9BrF2N2O/c13-8-3-7(5-16)12(17-6-8)18-9-1-2-10(14)11(15)4-9/h1-4,6H,5,16H2. The molecule has 1 heterocycles. The van der Waals surface area contributed by atoms with Crippen LogP contribution in [0.5, 0.6) is 11.6 Å². The summed E-state index contributed by atoms with van der Waals surface area (Å²) >= 11 is 3.26. The number of rotatable bonds is 3. The Balaban J connectivity index is 2.30. The van der Waals surface area contributed by atoms with Crippen LogP contribution in [-0.4, -0.2) is 4.98 Å². The predicted molar refractivity (Wildman–Crippen MR) is 66.3 cm³/mol. The van der Waals surface area contributed by atoms with Crippen molar-refractivity contribution >= 4 is 15.9 Å². The van der Waals surface area contributed by atoms with Gasteiger partial charge in [-0.05, 0) is 34.1 Å². The number of pyridine rings is 1. The van der Waals surface area contributed by atoms with E-state index in [1.807, 2.05) is 0 Å². The van der Waals surface area contributed by atoms with E-state index in [1.165, 1.54) is 12.3 Å². The zero-order valence-corrected chi connectivity index (χ0v) is 10.7. The van der Waals surface area contributed by atoms with Gasteiger partial charge in [-0.1, -0.05) is 0 Å². The fraction of sp³-hybridized carbons (Fsp3) is 0.0833. The Morgan fingerprint density at radius 1 is 1.22 bits per heavy atom. The number of nitrogens with zero attached hydrogens (tertiary/aromatic N) is 1. The minimum atomic E-state index is -0.973. The van der Waals surface area contributed by atoms with E-state index in [0.29, 0.717) is 5.56 Å². The lowest BCUT2D eigenvalue weighted by Crippen LogP contribution is -2.01. The van der Waals surface area contributed by atoms with E-state index < -0.39 is 11.6 Å². The van der Waals surface area contributed by atoms with E-state index in [2.05, 4.69) is 20.9 Å². The predicted octanol–water partition coefficient (Wildman–Crippen LogP) is 3.37. The molecular formula is C12H9BrF2N2O. The molecule has 0 saturated carbocycles. The smallest absolute Gasteiger partial charge is 0.223 e. The molecule has 0 aliphatic heterocycles. The van der Waals surface area contributed by atoms with Crippen molar-refractivity contribution in [2.45, 2.75) is 6.54 Å². The van der Waals surface area contributed by atoms with Crippen LogP contribution < -0.4 is 10.5 Å². The molecule has 6 heteroatoms. The van der Waals surface area contributed by atoms with Crippen molar-refractivity contribution in [2.24, 2.45) is 5.73 Å². The normalized spacial score (nSPS) is 10.4. The third kappa shape index (κ3) is 2.83. The fourth-order valence-electron chi connectivity index (χ4n) is 1.36. The Morgan fingerprint density at radius 3 is 2.67 bits per heavy atom. The first-order chi connectivity index (χ1) is 8.60. The zero-order chi connectivity index (χ0) is 13.1. The number of ether oxygens (including phenoxy) is 1. The van der Waals surface area contributed by atoms with Crippen LogP contribution >= 0.6 is 15.9 Å². The zero-order valence-electron chi connectivity index (χ0n) is 9.16. The monoisotopic (exact) mass is 314 g/mol. The number of aromatic nitrogens is 1. The molecule has 0 saturated heterocycles. The van der Waals surface area contributed by atoms with Gasteiger partial charge in [-0.25, -0.2) is 13.8 Å². The van der Waals surface area contributed by atoms with Crippen molar-refractivity contribution < 1.29 is 13.5 Å². The molecule has 0 bridgehead atoms. The molecule has 2 rings (SSSR count). The second-order valence-corrected chi connectivity index (χ2v) is 4.42. The molecule has 2 N–H and O–H groups in total. The summed E-state index contributed by atoms with van der Waals surface area (Å²) in [5.74, 6) is -1.46. The van der Waals surface area contributed by atoms with Crippen molar-refractivity contribution in [3.63, 3.8) is 0 Å². The van der Waals surface area contributed by atoms with Gasteiger partial charge in [-0.2, -0.15) is 0 Å². The van der Waals surface area contributed by atoms with Crippen molar-refractivity contribution in [1.29, 1.82) is 0 Å². The van der Waals surface area contributed by atoms with Crippen LogP contribution in [0.3, 0.4) is 0 Å². The number of halogens is 3. The third-order valence-electron chi connectivity index (χ3n) is 2.22. The summed E-state index contributed by atoms with van der Waals surface area (Å²) in [7, 11) is 0. The number of nitrogens with two attached hydrogens (primary N) is 1. The number of hydrogen-bond donors (Lipinski definition) is 1. The highest BCUT2D eigenvalue weighted by Crippen LogP contribution is 2.26. The minimum Gasteiger partial charge on any atom is -0.439 e. The van der Waals surface area contributed by atoms with E-state index in [-0.39, 0.29) is 18.2 Å². The largest absolute Gasteiger partial charge is 0.439 e. The summed E-state index contributed by atoms with van der Waals surface area (Å²) in [5, 5.41) is 0. The summed E-state index contributed by atoms with van der Waals surface area (Å²) in [6.45, 7) is 0.228. The molecule has 0 fully saturated rings. The van der Waals surface area contributed by atoms with Gasteiger partial charge in [0.2, 0.25) is 5.88 Å². The molecular weight excluding hydrogens is 306 g/mol. The van der Waals surface area contributed by atoms with E-state index >= 15 is 0 Å². The van der Waals surface area contributed by atoms with Gasteiger partial charge in [0.15, 0.2) is 11.6 Å². The highest BCUT2D eigenvalue weighted by Gasteiger charge is 2.08. The second kappa shape index (κ2) is 5.41. The minimum absolute atomic E-state index is 0.165. The van der Waals surface area contributed by atoms with Crippen LogP contribution in [0.4, 0.5) is 8.78 Å². The van der Waals surface area contributed by atoms with Gasteiger partial charge in [-0.15, -0.1) is 0 Å². The molecule has 3 nitrogen and oxygen atoms in total. The van der Waals surface area contributed by atoms with Crippen LogP contribution in [0.15, 0.2) is 34.9 Å². The van der Waals surface area contributed by atoms with Crippen molar-refractivity contribution in [2.75, 3.05) is 0 Å². The second-order valence-electron chi connectivity index (χ2n) is 3.50. The quantitative estimate of drug-likeness (QED) is 0.945. The lowest BCUT2D eigenvalue weighted by atomic mass is 10.2. The molecule has 0 aliphatic carbocycles. The van der Waals surface area contributed by atoms with Crippen molar-refractivity contribution in [3.05, 3.63) is 52.1 Å². The van der Waals surface area contributed by atoms with E-state index in [1.54, 1.807) is 6.07 Å². The van der Waals surface area contributed by atoms with E-state index in [0.717, 1.165) is 16.6 Å². The van der Waals surface area contributed by atoms with Crippen LogP contribution in [0.25, 0.3) is 0 Å². The van der Waals surface area contributed by atoms with Gasteiger partial charge in [0.25, 0.3) is 0 Å². The molecule has 0 atom stereocenters. The highest BCUT2D eigenvalue weighted by atomic mass is 79.9. The van der Waals surface area contributed by atoms with Crippen LogP contribution in [0, 0.1) is 11.6 Å². The molecule has 0 radical (unpaired) electrons. The average Bonchev–Trinajstić information content (AvgIpc) is 2.36. The fourth-order valence-corrected chi connectivity index (χ4v) is 1.74. The average molecular weight is 315 g/mol. The van der Waals surface area contributed by atoms with Crippen molar-refractivity contribution in [3.8, 4) is 11.6 Å². The Kier molecular flexibility index (Phi) is 3.88. The Morgan fingerprint density at radius 2 is 2.00 bits per heavy atom. The maximum atomic E-state index is 13.0.